The Balaban J connectivity index is 1.43. The van der Waals surface area contributed by atoms with E-state index in [1.807, 2.05) is 6.92 Å². The van der Waals surface area contributed by atoms with Crippen LogP contribution in [-0.2, 0) is 9.53 Å². The number of rotatable bonds is 7. The number of amides is 1. The molecule has 8 heteroatoms. The van der Waals surface area contributed by atoms with Crippen molar-refractivity contribution in [2.45, 2.75) is 26.0 Å². The van der Waals surface area contributed by atoms with E-state index in [4.69, 9.17) is 4.74 Å². The number of hydrogen-bond donors (Lipinski definition) is 1. The highest BCUT2D eigenvalue weighted by Crippen LogP contribution is 2.19. The van der Waals surface area contributed by atoms with Gasteiger partial charge in [-0.2, -0.15) is 8.78 Å². The minimum atomic E-state index is -2.86. The molecule has 2 saturated heterocycles. The Morgan fingerprint density at radius 2 is 1.96 bits per heavy atom. The highest BCUT2D eigenvalue weighted by atomic mass is 19.3. The second kappa shape index (κ2) is 9.43. The molecule has 2 aliphatic rings. The summed E-state index contributed by atoms with van der Waals surface area (Å²) in [7, 11) is 0. The third-order valence-corrected chi connectivity index (χ3v) is 5.22. The Morgan fingerprint density at radius 3 is 2.56 bits per heavy atom. The third-order valence-electron chi connectivity index (χ3n) is 5.22. The van der Waals surface area contributed by atoms with Crippen LogP contribution in [0.1, 0.15) is 13.3 Å². The molecule has 27 heavy (non-hydrogen) atoms. The molecule has 1 N–H and O–H groups in total. The summed E-state index contributed by atoms with van der Waals surface area (Å²) in [6.07, 6.45) is 1.14. The molecule has 1 aromatic carbocycles. The standard InChI is InChI=1S/C19H27F2N3O3/c1-14(18(25)22-16-2-4-17(5-3-16)27-19(20)21)24-9-7-23(8-10-24)12-15-6-11-26-13-15/h2-5,14-15,19H,6-13H2,1H3,(H,22,25)/t14-,15+/m0/s1. The minimum absolute atomic E-state index is 0.0693. The molecule has 0 aliphatic carbocycles. The Hall–Kier alpha value is -1.77. The fraction of sp³-hybridized carbons (Fsp3) is 0.632. The van der Waals surface area contributed by atoms with E-state index in [0.717, 1.165) is 52.4 Å². The maximum atomic E-state index is 12.5. The molecule has 2 fully saturated rings. The van der Waals surface area contributed by atoms with Crippen molar-refractivity contribution < 1.29 is 23.0 Å². The number of nitrogens with zero attached hydrogens (tertiary/aromatic N) is 2. The number of carbonyl (C=O) groups excluding carboxylic acids is 1. The Kier molecular flexibility index (Phi) is 6.98. The van der Waals surface area contributed by atoms with Crippen molar-refractivity contribution in [3.05, 3.63) is 24.3 Å². The molecule has 2 heterocycles. The Bertz CT molecular complexity index is 601. The predicted molar refractivity (Wildman–Crippen MR) is 98.1 cm³/mol. The van der Waals surface area contributed by atoms with Crippen molar-refractivity contribution in [1.29, 1.82) is 0 Å². The molecule has 0 saturated carbocycles. The lowest BCUT2D eigenvalue weighted by molar-refractivity contribution is -0.121. The minimum Gasteiger partial charge on any atom is -0.435 e. The van der Waals surface area contributed by atoms with Gasteiger partial charge < -0.3 is 19.7 Å². The molecule has 0 spiro atoms. The van der Waals surface area contributed by atoms with E-state index >= 15 is 0 Å². The topological polar surface area (TPSA) is 54.0 Å². The van der Waals surface area contributed by atoms with Crippen LogP contribution >= 0.6 is 0 Å². The number of alkyl halides is 2. The van der Waals surface area contributed by atoms with Crippen LogP contribution in [0.4, 0.5) is 14.5 Å². The monoisotopic (exact) mass is 383 g/mol. The molecule has 2 atom stereocenters. The van der Waals surface area contributed by atoms with Gasteiger partial charge in [0.05, 0.1) is 12.6 Å². The number of carbonyl (C=O) groups is 1. The van der Waals surface area contributed by atoms with Crippen molar-refractivity contribution in [3.8, 4) is 5.75 Å². The second-order valence-corrected chi connectivity index (χ2v) is 7.13. The van der Waals surface area contributed by atoms with Gasteiger partial charge in [0.1, 0.15) is 5.75 Å². The zero-order chi connectivity index (χ0) is 19.2. The summed E-state index contributed by atoms with van der Waals surface area (Å²) in [5, 5.41) is 2.84. The SMILES string of the molecule is C[C@@H](C(=O)Nc1ccc(OC(F)F)cc1)N1CCN(C[C@H]2CCOC2)CC1. The number of benzene rings is 1. The van der Waals surface area contributed by atoms with Crippen molar-refractivity contribution >= 4 is 11.6 Å². The first kappa shape index (κ1) is 20.0. The van der Waals surface area contributed by atoms with Gasteiger partial charge in [0.25, 0.3) is 0 Å². The van der Waals surface area contributed by atoms with E-state index in [9.17, 15) is 13.6 Å². The van der Waals surface area contributed by atoms with Crippen LogP contribution < -0.4 is 10.1 Å². The number of halogens is 2. The van der Waals surface area contributed by atoms with Crippen molar-refractivity contribution in [2.24, 2.45) is 5.92 Å². The van der Waals surface area contributed by atoms with E-state index in [1.165, 1.54) is 12.1 Å². The van der Waals surface area contributed by atoms with Crippen LogP contribution in [0.2, 0.25) is 0 Å². The van der Waals surface area contributed by atoms with Gasteiger partial charge in [0.15, 0.2) is 0 Å². The average Bonchev–Trinajstić information content (AvgIpc) is 3.16. The van der Waals surface area contributed by atoms with Crippen LogP contribution in [0, 0.1) is 5.92 Å². The molecule has 0 unspecified atom stereocenters. The Labute approximate surface area is 158 Å². The van der Waals surface area contributed by atoms with E-state index < -0.39 is 6.61 Å². The highest BCUT2D eigenvalue weighted by molar-refractivity contribution is 5.94. The second-order valence-electron chi connectivity index (χ2n) is 7.13. The molecule has 1 amide bonds. The van der Waals surface area contributed by atoms with Crippen molar-refractivity contribution in [2.75, 3.05) is 51.3 Å². The van der Waals surface area contributed by atoms with Gasteiger partial charge in [0, 0.05) is 45.0 Å². The Morgan fingerprint density at radius 1 is 1.26 bits per heavy atom. The lowest BCUT2D eigenvalue weighted by Crippen LogP contribution is -2.53. The van der Waals surface area contributed by atoms with Gasteiger partial charge in [-0.3, -0.25) is 9.69 Å². The highest BCUT2D eigenvalue weighted by Gasteiger charge is 2.27. The largest absolute Gasteiger partial charge is 0.435 e. The first-order valence-electron chi connectivity index (χ1n) is 9.41. The fourth-order valence-electron chi connectivity index (χ4n) is 3.56. The first-order valence-corrected chi connectivity index (χ1v) is 9.41. The maximum Gasteiger partial charge on any atom is 0.387 e. The summed E-state index contributed by atoms with van der Waals surface area (Å²) in [6, 6.07) is 5.70. The molecular weight excluding hydrogens is 356 g/mol. The average molecular weight is 383 g/mol. The van der Waals surface area contributed by atoms with Crippen LogP contribution in [0.15, 0.2) is 24.3 Å². The molecular formula is C19H27F2N3O3. The fourth-order valence-corrected chi connectivity index (χ4v) is 3.56. The molecule has 6 nitrogen and oxygen atoms in total. The normalized spacial score (nSPS) is 22.7. The first-order chi connectivity index (χ1) is 13.0. The molecule has 3 rings (SSSR count). The zero-order valence-electron chi connectivity index (χ0n) is 15.6. The predicted octanol–water partition coefficient (Wildman–Crippen LogP) is 2.27. The van der Waals surface area contributed by atoms with E-state index in [-0.39, 0.29) is 17.7 Å². The molecule has 150 valence electrons. The number of ether oxygens (including phenoxy) is 2. The lowest BCUT2D eigenvalue weighted by atomic mass is 10.1. The van der Waals surface area contributed by atoms with Crippen LogP contribution in [0.25, 0.3) is 0 Å². The van der Waals surface area contributed by atoms with Crippen molar-refractivity contribution in [1.82, 2.24) is 9.80 Å². The maximum absolute atomic E-state index is 12.5. The number of anilines is 1. The third kappa shape index (κ3) is 5.85. The van der Waals surface area contributed by atoms with E-state index in [2.05, 4.69) is 19.9 Å². The van der Waals surface area contributed by atoms with Crippen LogP contribution in [0.5, 0.6) is 5.75 Å². The number of nitrogens with one attached hydrogen (secondary N) is 1. The van der Waals surface area contributed by atoms with Gasteiger partial charge in [-0.05, 0) is 43.5 Å². The van der Waals surface area contributed by atoms with Gasteiger partial charge in [-0.25, -0.2) is 0 Å². The van der Waals surface area contributed by atoms with Crippen LogP contribution in [0.3, 0.4) is 0 Å². The number of hydrogen-bond acceptors (Lipinski definition) is 5. The summed E-state index contributed by atoms with van der Waals surface area (Å²) in [6.45, 7) is 5.45. The summed E-state index contributed by atoms with van der Waals surface area (Å²) in [5.41, 5.74) is 0.563. The molecule has 0 bridgehead atoms. The quantitative estimate of drug-likeness (QED) is 0.783. The molecule has 0 aromatic heterocycles. The molecule has 0 radical (unpaired) electrons. The van der Waals surface area contributed by atoms with Gasteiger partial charge >= 0.3 is 6.61 Å². The molecule has 2 aliphatic heterocycles. The van der Waals surface area contributed by atoms with Gasteiger partial charge in [-0.1, -0.05) is 0 Å². The zero-order valence-corrected chi connectivity index (χ0v) is 15.6. The summed E-state index contributed by atoms with van der Waals surface area (Å²) >= 11 is 0. The number of piperazine rings is 1. The lowest BCUT2D eigenvalue weighted by Gasteiger charge is -2.38. The summed E-state index contributed by atoms with van der Waals surface area (Å²) in [5.74, 6) is 0.601. The van der Waals surface area contributed by atoms with Crippen molar-refractivity contribution in [3.63, 3.8) is 0 Å². The van der Waals surface area contributed by atoms with Gasteiger partial charge in [0.2, 0.25) is 5.91 Å². The van der Waals surface area contributed by atoms with E-state index in [0.29, 0.717) is 11.6 Å². The smallest absolute Gasteiger partial charge is 0.387 e. The van der Waals surface area contributed by atoms with Crippen LogP contribution in [-0.4, -0.2) is 74.3 Å². The molecule has 1 aromatic rings. The van der Waals surface area contributed by atoms with Gasteiger partial charge in [-0.15, -0.1) is 0 Å². The summed E-state index contributed by atoms with van der Waals surface area (Å²) < 4.78 is 34.1. The van der Waals surface area contributed by atoms with E-state index in [1.54, 1.807) is 12.1 Å². The summed E-state index contributed by atoms with van der Waals surface area (Å²) in [4.78, 5) is 17.1.